The fourth-order valence-electron chi connectivity index (χ4n) is 2.09. The molecule has 1 aromatic carbocycles. The molecule has 1 rings (SSSR count). The van der Waals surface area contributed by atoms with E-state index in [1.165, 1.54) is 12.8 Å². The van der Waals surface area contributed by atoms with Crippen LogP contribution in [0.1, 0.15) is 45.6 Å². The second kappa shape index (κ2) is 8.37. The predicted molar refractivity (Wildman–Crippen MR) is 85.8 cm³/mol. The van der Waals surface area contributed by atoms with E-state index in [9.17, 15) is 10.1 Å². The first kappa shape index (κ1) is 17.1. The van der Waals surface area contributed by atoms with Crippen LogP contribution in [0.15, 0.2) is 22.7 Å². The van der Waals surface area contributed by atoms with Gasteiger partial charge < -0.3 is 5.32 Å². The lowest BCUT2D eigenvalue weighted by Gasteiger charge is -2.14. The fourth-order valence-corrected chi connectivity index (χ4v) is 2.50. The maximum Gasteiger partial charge on any atom is 0.273 e. The van der Waals surface area contributed by atoms with Gasteiger partial charge in [0.15, 0.2) is 0 Å². The highest BCUT2D eigenvalue weighted by Crippen LogP contribution is 2.23. The Morgan fingerprint density at radius 1 is 1.30 bits per heavy atom. The molecule has 1 N–H and O–H groups in total. The fraction of sp³-hybridized carbons (Fsp3) is 0.600. The Morgan fingerprint density at radius 2 is 2.00 bits per heavy atom. The van der Waals surface area contributed by atoms with Crippen LogP contribution in [0.25, 0.3) is 0 Å². The predicted octanol–water partition coefficient (Wildman–Crippen LogP) is 4.66. The Bertz CT molecular complexity index is 449. The average molecular weight is 343 g/mol. The normalized spacial score (nSPS) is 12.7. The van der Waals surface area contributed by atoms with Gasteiger partial charge in [0.25, 0.3) is 5.69 Å². The van der Waals surface area contributed by atoms with Crippen LogP contribution in [0.3, 0.4) is 0 Å². The first-order valence-electron chi connectivity index (χ1n) is 7.06. The summed E-state index contributed by atoms with van der Waals surface area (Å²) >= 11 is 3.36. The minimum atomic E-state index is -0.327. The highest BCUT2D eigenvalue weighted by molar-refractivity contribution is 9.10. The number of nitro groups is 1. The van der Waals surface area contributed by atoms with Crippen molar-refractivity contribution in [2.45, 2.75) is 52.6 Å². The number of nitrogens with one attached hydrogen (secondary N) is 1. The monoisotopic (exact) mass is 342 g/mol. The zero-order chi connectivity index (χ0) is 15.1. The molecule has 0 bridgehead atoms. The summed E-state index contributed by atoms with van der Waals surface area (Å²) in [6.07, 6.45) is 3.51. The Kier molecular flexibility index (Phi) is 7.16. The van der Waals surface area contributed by atoms with Crippen molar-refractivity contribution in [1.29, 1.82) is 0 Å². The van der Waals surface area contributed by atoms with Crippen molar-refractivity contribution in [2.24, 2.45) is 5.92 Å². The third-order valence-electron chi connectivity index (χ3n) is 3.30. The van der Waals surface area contributed by atoms with Crippen LogP contribution in [-0.2, 0) is 6.54 Å². The third kappa shape index (κ3) is 6.01. The number of nitrogens with zero attached hydrogens (tertiary/aromatic N) is 1. The first-order chi connectivity index (χ1) is 9.40. The van der Waals surface area contributed by atoms with Crippen LogP contribution < -0.4 is 5.32 Å². The highest BCUT2D eigenvalue weighted by Gasteiger charge is 2.14. The van der Waals surface area contributed by atoms with Crippen molar-refractivity contribution in [3.8, 4) is 0 Å². The SMILES string of the molecule is CC(C)CCCC(C)NCc1cc(Br)ccc1[N+](=O)[O-]. The van der Waals surface area contributed by atoms with Gasteiger partial charge in [-0.1, -0.05) is 42.6 Å². The minimum absolute atomic E-state index is 0.176. The van der Waals surface area contributed by atoms with Gasteiger partial charge in [0.05, 0.1) is 4.92 Å². The number of hydrogen-bond acceptors (Lipinski definition) is 3. The molecule has 1 unspecified atom stereocenters. The van der Waals surface area contributed by atoms with Crippen molar-refractivity contribution in [3.05, 3.63) is 38.3 Å². The molecule has 0 amide bonds. The van der Waals surface area contributed by atoms with Crippen LogP contribution in [-0.4, -0.2) is 11.0 Å². The third-order valence-corrected chi connectivity index (χ3v) is 3.79. The first-order valence-corrected chi connectivity index (χ1v) is 7.85. The zero-order valence-corrected chi connectivity index (χ0v) is 13.9. The Hall–Kier alpha value is -0.940. The lowest BCUT2D eigenvalue weighted by atomic mass is 10.0. The van der Waals surface area contributed by atoms with Gasteiger partial charge in [0.1, 0.15) is 0 Å². The Labute approximate surface area is 129 Å². The molecule has 112 valence electrons. The standard InChI is InChI=1S/C15H23BrN2O2/c1-11(2)5-4-6-12(3)17-10-13-9-14(16)7-8-15(13)18(19)20/h7-9,11-12,17H,4-6,10H2,1-3H3. The van der Waals surface area contributed by atoms with Crippen LogP contribution in [0.2, 0.25) is 0 Å². The molecule has 20 heavy (non-hydrogen) atoms. The van der Waals surface area contributed by atoms with Gasteiger partial charge in [-0.15, -0.1) is 0 Å². The molecule has 0 saturated heterocycles. The van der Waals surface area contributed by atoms with Crippen molar-refractivity contribution in [1.82, 2.24) is 5.32 Å². The summed E-state index contributed by atoms with van der Waals surface area (Å²) in [5.74, 6) is 0.730. The molecule has 5 heteroatoms. The summed E-state index contributed by atoms with van der Waals surface area (Å²) in [6, 6.07) is 5.43. The van der Waals surface area contributed by atoms with Crippen LogP contribution in [0.5, 0.6) is 0 Å². The lowest BCUT2D eigenvalue weighted by molar-refractivity contribution is -0.385. The molecule has 0 saturated carbocycles. The Balaban J connectivity index is 2.52. The lowest BCUT2D eigenvalue weighted by Crippen LogP contribution is -2.25. The van der Waals surface area contributed by atoms with Crippen LogP contribution in [0.4, 0.5) is 5.69 Å². The van der Waals surface area contributed by atoms with E-state index in [-0.39, 0.29) is 10.6 Å². The summed E-state index contributed by atoms with van der Waals surface area (Å²) in [4.78, 5) is 10.7. The van der Waals surface area contributed by atoms with Gasteiger partial charge in [-0.05, 0) is 31.4 Å². The molecule has 0 heterocycles. The molecule has 0 radical (unpaired) electrons. The molecule has 0 aliphatic carbocycles. The number of halogens is 1. The topological polar surface area (TPSA) is 55.2 Å². The van der Waals surface area contributed by atoms with Crippen molar-refractivity contribution >= 4 is 21.6 Å². The van der Waals surface area contributed by atoms with Gasteiger partial charge in [0, 0.05) is 28.7 Å². The second-order valence-corrected chi connectivity index (χ2v) is 6.55. The van der Waals surface area contributed by atoms with Crippen LogP contribution in [0, 0.1) is 16.0 Å². The van der Waals surface area contributed by atoms with Crippen molar-refractivity contribution < 1.29 is 4.92 Å². The number of hydrogen-bond donors (Lipinski definition) is 1. The molecule has 0 spiro atoms. The van der Waals surface area contributed by atoms with Gasteiger partial charge in [0.2, 0.25) is 0 Å². The van der Waals surface area contributed by atoms with Crippen LogP contribution >= 0.6 is 15.9 Å². The number of nitro benzene ring substituents is 1. The summed E-state index contributed by atoms with van der Waals surface area (Å²) in [5, 5.41) is 14.4. The molecule has 4 nitrogen and oxygen atoms in total. The molecule has 0 fully saturated rings. The molecular weight excluding hydrogens is 320 g/mol. The van der Waals surface area contributed by atoms with Crippen molar-refractivity contribution in [3.63, 3.8) is 0 Å². The number of rotatable bonds is 8. The summed E-state index contributed by atoms with van der Waals surface area (Å²) in [7, 11) is 0. The molecular formula is C15H23BrN2O2. The van der Waals surface area contributed by atoms with E-state index in [4.69, 9.17) is 0 Å². The van der Waals surface area contributed by atoms with E-state index in [1.807, 2.05) is 6.07 Å². The van der Waals surface area contributed by atoms with Gasteiger partial charge in [-0.25, -0.2) is 0 Å². The summed E-state index contributed by atoms with van der Waals surface area (Å²) < 4.78 is 0.868. The molecule has 0 aliphatic heterocycles. The average Bonchev–Trinajstić information content (AvgIpc) is 2.35. The second-order valence-electron chi connectivity index (χ2n) is 5.64. The quantitative estimate of drug-likeness (QED) is 0.552. The van der Waals surface area contributed by atoms with E-state index in [0.29, 0.717) is 12.6 Å². The summed E-state index contributed by atoms with van der Waals surface area (Å²) in [5.41, 5.74) is 0.898. The van der Waals surface area contributed by atoms with E-state index in [2.05, 4.69) is 42.0 Å². The largest absolute Gasteiger partial charge is 0.310 e. The van der Waals surface area contributed by atoms with Gasteiger partial charge in [-0.2, -0.15) is 0 Å². The number of benzene rings is 1. The smallest absolute Gasteiger partial charge is 0.273 e. The zero-order valence-electron chi connectivity index (χ0n) is 12.4. The molecule has 1 atom stereocenters. The van der Waals surface area contributed by atoms with E-state index in [1.54, 1.807) is 12.1 Å². The van der Waals surface area contributed by atoms with Gasteiger partial charge in [-0.3, -0.25) is 10.1 Å². The molecule has 1 aromatic rings. The molecule has 0 aromatic heterocycles. The summed E-state index contributed by atoms with van der Waals surface area (Å²) in [6.45, 7) is 7.11. The van der Waals surface area contributed by atoms with Crippen molar-refractivity contribution in [2.75, 3.05) is 0 Å². The molecule has 0 aliphatic rings. The Morgan fingerprint density at radius 3 is 2.60 bits per heavy atom. The highest BCUT2D eigenvalue weighted by atomic mass is 79.9. The van der Waals surface area contributed by atoms with Gasteiger partial charge >= 0.3 is 0 Å². The minimum Gasteiger partial charge on any atom is -0.310 e. The van der Waals surface area contributed by atoms with E-state index >= 15 is 0 Å². The maximum atomic E-state index is 11.0. The maximum absolute atomic E-state index is 11.0. The van der Waals surface area contributed by atoms with E-state index in [0.717, 1.165) is 22.4 Å². The van der Waals surface area contributed by atoms with E-state index < -0.39 is 0 Å².